The first-order valence-corrected chi connectivity index (χ1v) is 7.42. The summed E-state index contributed by atoms with van der Waals surface area (Å²) < 4.78 is 5.82. The Labute approximate surface area is 120 Å². The molecule has 0 spiro atoms. The van der Waals surface area contributed by atoms with Crippen LogP contribution in [0.5, 0.6) is 5.75 Å². The number of nitrogens with two attached hydrogens (primary N) is 1. The number of nitrogens with zero attached hydrogens (tertiary/aromatic N) is 1. The molecule has 4 nitrogen and oxygen atoms in total. The number of benzene rings is 1. The number of piperidine rings is 1. The minimum Gasteiger partial charge on any atom is -0.493 e. The molecule has 1 aromatic carbocycles. The molecule has 1 aromatic rings. The van der Waals surface area contributed by atoms with Crippen LogP contribution < -0.4 is 10.5 Å². The molecule has 2 N–H and O–H groups in total. The average Bonchev–Trinajstić information content (AvgIpc) is 2.47. The van der Waals surface area contributed by atoms with Gasteiger partial charge in [-0.3, -0.25) is 9.69 Å². The zero-order valence-electron chi connectivity index (χ0n) is 12.1. The van der Waals surface area contributed by atoms with Crippen molar-refractivity contribution in [3.63, 3.8) is 0 Å². The number of rotatable bonds is 6. The van der Waals surface area contributed by atoms with Crippen LogP contribution >= 0.6 is 0 Å². The molecular formula is C16H24N2O2. The number of carbonyl (C=O) groups excluding carboxylic acids is 1. The van der Waals surface area contributed by atoms with Crippen molar-refractivity contribution in [3.05, 3.63) is 30.3 Å². The van der Waals surface area contributed by atoms with E-state index in [0.29, 0.717) is 12.5 Å². The molecule has 1 amide bonds. The molecule has 1 saturated heterocycles. The van der Waals surface area contributed by atoms with Crippen LogP contribution in [0, 0.1) is 5.92 Å². The number of hydrogen-bond donors (Lipinski definition) is 1. The second-order valence-electron chi connectivity index (χ2n) is 5.45. The van der Waals surface area contributed by atoms with Gasteiger partial charge in [-0.2, -0.15) is 0 Å². The number of amides is 1. The zero-order valence-corrected chi connectivity index (χ0v) is 12.1. The van der Waals surface area contributed by atoms with E-state index in [-0.39, 0.29) is 11.9 Å². The third kappa shape index (κ3) is 3.97. The van der Waals surface area contributed by atoms with Crippen LogP contribution in [-0.4, -0.2) is 36.5 Å². The number of ether oxygens (including phenoxy) is 1. The highest BCUT2D eigenvalue weighted by Crippen LogP contribution is 2.21. The van der Waals surface area contributed by atoms with Gasteiger partial charge in [-0.05, 0) is 37.9 Å². The maximum Gasteiger partial charge on any atom is 0.234 e. The van der Waals surface area contributed by atoms with Gasteiger partial charge in [0.25, 0.3) is 0 Å². The first kappa shape index (κ1) is 14.9. The van der Waals surface area contributed by atoms with Gasteiger partial charge in [-0.15, -0.1) is 0 Å². The lowest BCUT2D eigenvalue weighted by Crippen LogP contribution is -2.49. The fraction of sp³-hybridized carbons (Fsp3) is 0.562. The summed E-state index contributed by atoms with van der Waals surface area (Å²) in [7, 11) is 0. The van der Waals surface area contributed by atoms with Gasteiger partial charge in [-0.25, -0.2) is 0 Å². The predicted molar refractivity (Wildman–Crippen MR) is 79.5 cm³/mol. The van der Waals surface area contributed by atoms with E-state index in [1.165, 1.54) is 0 Å². The Bertz CT molecular complexity index is 422. The van der Waals surface area contributed by atoms with E-state index in [4.69, 9.17) is 10.5 Å². The lowest BCUT2D eigenvalue weighted by atomic mass is 9.96. The standard InChI is InChI=1S/C16H24N2O2/c1-2-15(16(17)19)18-10-6-7-13(11-18)12-20-14-8-4-3-5-9-14/h3-5,8-9,13,15H,2,6-7,10-12H2,1H3,(H2,17,19)/t13-,15-/m0/s1. The van der Waals surface area contributed by atoms with Crippen LogP contribution in [-0.2, 0) is 4.79 Å². The van der Waals surface area contributed by atoms with Crippen LogP contribution in [0.25, 0.3) is 0 Å². The second-order valence-corrected chi connectivity index (χ2v) is 5.45. The Balaban J connectivity index is 1.85. The summed E-state index contributed by atoms with van der Waals surface area (Å²) in [5.41, 5.74) is 5.48. The lowest BCUT2D eigenvalue weighted by molar-refractivity contribution is -0.124. The van der Waals surface area contributed by atoms with Crippen LogP contribution in [0.4, 0.5) is 0 Å². The topological polar surface area (TPSA) is 55.6 Å². The normalized spacial score (nSPS) is 21.4. The Hall–Kier alpha value is -1.55. The molecule has 0 radical (unpaired) electrons. The Morgan fingerprint density at radius 1 is 1.45 bits per heavy atom. The molecule has 0 aromatic heterocycles. The highest BCUT2D eigenvalue weighted by Gasteiger charge is 2.28. The van der Waals surface area contributed by atoms with Crippen molar-refractivity contribution in [1.29, 1.82) is 0 Å². The molecule has 0 bridgehead atoms. The van der Waals surface area contributed by atoms with Gasteiger partial charge in [0, 0.05) is 12.5 Å². The van der Waals surface area contributed by atoms with Gasteiger partial charge in [-0.1, -0.05) is 25.1 Å². The first-order chi connectivity index (χ1) is 9.70. The Morgan fingerprint density at radius 2 is 2.20 bits per heavy atom. The van der Waals surface area contributed by atoms with Crippen LogP contribution in [0.2, 0.25) is 0 Å². The van der Waals surface area contributed by atoms with Gasteiger partial charge in [0.2, 0.25) is 5.91 Å². The zero-order chi connectivity index (χ0) is 14.4. The molecular weight excluding hydrogens is 252 g/mol. The quantitative estimate of drug-likeness (QED) is 0.865. The van der Waals surface area contributed by atoms with Crippen LogP contribution in [0.1, 0.15) is 26.2 Å². The minimum absolute atomic E-state index is 0.130. The van der Waals surface area contributed by atoms with Gasteiger partial charge in [0.1, 0.15) is 5.75 Å². The largest absolute Gasteiger partial charge is 0.493 e. The summed E-state index contributed by atoms with van der Waals surface area (Å²) in [6.45, 7) is 4.58. The average molecular weight is 276 g/mol. The van der Waals surface area contributed by atoms with Gasteiger partial charge in [0.15, 0.2) is 0 Å². The lowest BCUT2D eigenvalue weighted by Gasteiger charge is -2.36. The highest BCUT2D eigenvalue weighted by molar-refractivity contribution is 5.79. The van der Waals surface area contributed by atoms with Crippen LogP contribution in [0.15, 0.2) is 30.3 Å². The molecule has 4 heteroatoms. The van der Waals surface area contributed by atoms with Crippen molar-refractivity contribution in [2.24, 2.45) is 11.7 Å². The summed E-state index contributed by atoms with van der Waals surface area (Å²) >= 11 is 0. The monoisotopic (exact) mass is 276 g/mol. The molecule has 2 atom stereocenters. The highest BCUT2D eigenvalue weighted by atomic mass is 16.5. The second kappa shape index (κ2) is 7.29. The van der Waals surface area contributed by atoms with Crippen molar-refractivity contribution in [2.75, 3.05) is 19.7 Å². The van der Waals surface area contributed by atoms with E-state index in [1.54, 1.807) is 0 Å². The van der Waals surface area contributed by atoms with Crippen molar-refractivity contribution < 1.29 is 9.53 Å². The molecule has 1 heterocycles. The fourth-order valence-electron chi connectivity index (χ4n) is 2.89. The summed E-state index contributed by atoms with van der Waals surface area (Å²) in [6.07, 6.45) is 3.03. The molecule has 1 aliphatic rings. The Kier molecular flexibility index (Phi) is 5.41. The van der Waals surface area contributed by atoms with Gasteiger partial charge >= 0.3 is 0 Å². The molecule has 20 heavy (non-hydrogen) atoms. The summed E-state index contributed by atoms with van der Waals surface area (Å²) in [6, 6.07) is 9.74. The SMILES string of the molecule is CC[C@@H](C(N)=O)N1CCC[C@H](COc2ccccc2)C1. The first-order valence-electron chi connectivity index (χ1n) is 7.42. The molecule has 110 valence electrons. The van der Waals surface area contributed by atoms with E-state index in [9.17, 15) is 4.79 Å². The maximum atomic E-state index is 11.5. The molecule has 1 aliphatic heterocycles. The number of primary amides is 1. The van der Waals surface area contributed by atoms with Crippen molar-refractivity contribution in [1.82, 2.24) is 4.90 Å². The minimum atomic E-state index is -0.211. The molecule has 0 saturated carbocycles. The van der Waals surface area contributed by atoms with Gasteiger partial charge < -0.3 is 10.5 Å². The Morgan fingerprint density at radius 3 is 2.85 bits per heavy atom. The summed E-state index contributed by atoms with van der Waals surface area (Å²) in [5.74, 6) is 1.17. The molecule has 1 fully saturated rings. The van der Waals surface area contributed by atoms with E-state index in [0.717, 1.165) is 38.1 Å². The number of carbonyl (C=O) groups is 1. The van der Waals surface area contributed by atoms with E-state index in [2.05, 4.69) is 4.90 Å². The predicted octanol–water partition coefficient (Wildman–Crippen LogP) is 2.04. The molecule has 2 rings (SSSR count). The number of likely N-dealkylation sites (tertiary alicyclic amines) is 1. The summed E-state index contributed by atoms with van der Waals surface area (Å²) in [5, 5.41) is 0. The number of para-hydroxylation sites is 1. The molecule has 0 aliphatic carbocycles. The third-order valence-electron chi connectivity index (χ3n) is 3.94. The van der Waals surface area contributed by atoms with Crippen molar-refractivity contribution in [3.8, 4) is 5.75 Å². The maximum absolute atomic E-state index is 11.5. The van der Waals surface area contributed by atoms with Crippen molar-refractivity contribution in [2.45, 2.75) is 32.2 Å². The fourth-order valence-corrected chi connectivity index (χ4v) is 2.89. The number of hydrogen-bond acceptors (Lipinski definition) is 3. The van der Waals surface area contributed by atoms with E-state index >= 15 is 0 Å². The van der Waals surface area contributed by atoms with Crippen LogP contribution in [0.3, 0.4) is 0 Å². The van der Waals surface area contributed by atoms with Gasteiger partial charge in [0.05, 0.1) is 12.6 Å². The smallest absolute Gasteiger partial charge is 0.234 e. The van der Waals surface area contributed by atoms with Crippen molar-refractivity contribution >= 4 is 5.91 Å². The van der Waals surface area contributed by atoms with E-state index < -0.39 is 0 Å². The van der Waals surface area contributed by atoms with E-state index in [1.807, 2.05) is 37.3 Å². The molecule has 0 unspecified atom stereocenters. The third-order valence-corrected chi connectivity index (χ3v) is 3.94. The summed E-state index contributed by atoms with van der Waals surface area (Å²) in [4.78, 5) is 13.7.